The van der Waals surface area contributed by atoms with Gasteiger partial charge in [0.15, 0.2) is 0 Å². The van der Waals surface area contributed by atoms with Crippen LogP contribution in [0.25, 0.3) is 0 Å². The Morgan fingerprint density at radius 3 is 2.94 bits per heavy atom. The molecule has 1 heterocycles. The fraction of sp³-hybridized carbons (Fsp3) is 0.231. The van der Waals surface area contributed by atoms with E-state index in [1.165, 1.54) is 0 Å². The summed E-state index contributed by atoms with van der Waals surface area (Å²) < 4.78 is 6.32. The van der Waals surface area contributed by atoms with Crippen LogP contribution in [0.1, 0.15) is 12.7 Å². The predicted molar refractivity (Wildman–Crippen MR) is 74.6 cm³/mol. The van der Waals surface area contributed by atoms with E-state index in [0.717, 1.165) is 27.4 Å². The Morgan fingerprint density at radius 1 is 1.41 bits per heavy atom. The summed E-state index contributed by atoms with van der Waals surface area (Å²) in [4.78, 5) is 0. The molecule has 0 spiro atoms. The largest absolute Gasteiger partial charge is 0.469 e. The summed E-state index contributed by atoms with van der Waals surface area (Å²) >= 11 is 9.55. The van der Waals surface area contributed by atoms with E-state index in [0.29, 0.717) is 0 Å². The maximum atomic E-state index is 6.12. The zero-order chi connectivity index (χ0) is 12.3. The number of rotatable bonds is 4. The molecule has 1 aromatic carbocycles. The first-order valence-corrected chi connectivity index (χ1v) is 6.56. The third-order valence-electron chi connectivity index (χ3n) is 2.42. The fourth-order valence-electron chi connectivity index (χ4n) is 1.66. The third-order valence-corrected chi connectivity index (χ3v) is 3.24. The van der Waals surface area contributed by atoms with Gasteiger partial charge in [-0.2, -0.15) is 0 Å². The highest BCUT2D eigenvalue weighted by atomic mass is 79.9. The van der Waals surface area contributed by atoms with Crippen LogP contribution in [0.3, 0.4) is 0 Å². The van der Waals surface area contributed by atoms with Gasteiger partial charge in [-0.25, -0.2) is 0 Å². The minimum absolute atomic E-state index is 0.257. The van der Waals surface area contributed by atoms with Crippen LogP contribution >= 0.6 is 27.5 Å². The molecule has 1 aromatic heterocycles. The van der Waals surface area contributed by atoms with Crippen molar-refractivity contribution in [2.75, 3.05) is 5.32 Å². The molecule has 0 bridgehead atoms. The van der Waals surface area contributed by atoms with Crippen LogP contribution in [0.15, 0.2) is 45.5 Å². The summed E-state index contributed by atoms with van der Waals surface area (Å²) in [5.41, 5.74) is 0.931. The number of hydrogen-bond acceptors (Lipinski definition) is 2. The van der Waals surface area contributed by atoms with Crippen molar-refractivity contribution < 1.29 is 4.42 Å². The molecule has 0 saturated carbocycles. The molecule has 2 rings (SSSR count). The highest BCUT2D eigenvalue weighted by Gasteiger charge is 2.08. The summed E-state index contributed by atoms with van der Waals surface area (Å²) in [5.74, 6) is 0.969. The molecule has 2 nitrogen and oxygen atoms in total. The summed E-state index contributed by atoms with van der Waals surface area (Å²) in [5, 5.41) is 4.09. The molecule has 90 valence electrons. The van der Waals surface area contributed by atoms with E-state index in [4.69, 9.17) is 16.0 Å². The lowest BCUT2D eigenvalue weighted by Crippen LogP contribution is -2.17. The van der Waals surface area contributed by atoms with Gasteiger partial charge in [0.05, 0.1) is 17.0 Å². The van der Waals surface area contributed by atoms with Crippen molar-refractivity contribution in [3.63, 3.8) is 0 Å². The normalized spacial score (nSPS) is 12.4. The number of halogens is 2. The maximum absolute atomic E-state index is 6.12. The SMILES string of the molecule is CC(Cc1ccco1)Nc1cc(Br)ccc1Cl. The molecule has 2 aromatic rings. The lowest BCUT2D eigenvalue weighted by atomic mass is 10.2. The summed E-state index contributed by atoms with van der Waals surface area (Å²) in [7, 11) is 0. The van der Waals surface area contributed by atoms with E-state index in [1.807, 2.05) is 30.3 Å². The molecule has 17 heavy (non-hydrogen) atoms. The number of furan rings is 1. The minimum Gasteiger partial charge on any atom is -0.469 e. The number of hydrogen-bond donors (Lipinski definition) is 1. The topological polar surface area (TPSA) is 25.2 Å². The summed E-state index contributed by atoms with van der Waals surface area (Å²) in [6.45, 7) is 2.10. The standard InChI is InChI=1S/C13H13BrClNO/c1-9(7-11-3-2-6-17-11)16-13-8-10(14)4-5-12(13)15/h2-6,8-9,16H,7H2,1H3. The molecule has 1 N–H and O–H groups in total. The molecule has 0 saturated heterocycles. The lowest BCUT2D eigenvalue weighted by Gasteiger charge is -2.15. The highest BCUT2D eigenvalue weighted by Crippen LogP contribution is 2.26. The highest BCUT2D eigenvalue weighted by molar-refractivity contribution is 9.10. The van der Waals surface area contributed by atoms with E-state index in [9.17, 15) is 0 Å². The Morgan fingerprint density at radius 2 is 2.24 bits per heavy atom. The minimum atomic E-state index is 0.257. The summed E-state index contributed by atoms with van der Waals surface area (Å²) in [6.07, 6.45) is 2.52. The second kappa shape index (κ2) is 5.61. The molecule has 0 aliphatic rings. The Kier molecular flexibility index (Phi) is 4.13. The Labute approximate surface area is 114 Å². The van der Waals surface area contributed by atoms with Crippen molar-refractivity contribution in [1.82, 2.24) is 0 Å². The molecule has 0 radical (unpaired) electrons. The summed E-state index contributed by atoms with van der Waals surface area (Å²) in [6, 6.07) is 9.89. The molecule has 1 atom stereocenters. The van der Waals surface area contributed by atoms with Crippen LogP contribution in [0, 0.1) is 0 Å². The Hall–Kier alpha value is -0.930. The van der Waals surface area contributed by atoms with Gasteiger partial charge in [0.25, 0.3) is 0 Å². The van der Waals surface area contributed by atoms with Gasteiger partial charge in [-0.05, 0) is 37.3 Å². The lowest BCUT2D eigenvalue weighted by molar-refractivity contribution is 0.498. The van der Waals surface area contributed by atoms with Crippen LogP contribution in [-0.4, -0.2) is 6.04 Å². The third kappa shape index (κ3) is 3.51. The van der Waals surface area contributed by atoms with Gasteiger partial charge in [-0.1, -0.05) is 27.5 Å². The van der Waals surface area contributed by atoms with E-state index < -0.39 is 0 Å². The van der Waals surface area contributed by atoms with Crippen LogP contribution in [0.5, 0.6) is 0 Å². The predicted octanol–water partition coefficient (Wildman–Crippen LogP) is 4.74. The Balaban J connectivity index is 2.02. The maximum Gasteiger partial charge on any atom is 0.105 e. The molecule has 0 aliphatic heterocycles. The second-order valence-corrected chi connectivity index (χ2v) is 5.28. The van der Waals surface area contributed by atoms with Crippen LogP contribution in [-0.2, 0) is 6.42 Å². The second-order valence-electron chi connectivity index (χ2n) is 3.95. The average molecular weight is 315 g/mol. The van der Waals surface area contributed by atoms with Crippen molar-refractivity contribution in [3.05, 3.63) is 51.9 Å². The molecular weight excluding hydrogens is 302 g/mol. The number of anilines is 1. The first-order valence-electron chi connectivity index (χ1n) is 5.39. The van der Waals surface area contributed by atoms with Crippen molar-refractivity contribution in [2.24, 2.45) is 0 Å². The van der Waals surface area contributed by atoms with Crippen LogP contribution in [0.2, 0.25) is 5.02 Å². The van der Waals surface area contributed by atoms with E-state index in [2.05, 4.69) is 28.2 Å². The Bertz CT molecular complexity index is 484. The van der Waals surface area contributed by atoms with Gasteiger partial charge in [0.1, 0.15) is 5.76 Å². The van der Waals surface area contributed by atoms with E-state index in [-0.39, 0.29) is 6.04 Å². The first kappa shape index (κ1) is 12.5. The van der Waals surface area contributed by atoms with Crippen molar-refractivity contribution >= 4 is 33.2 Å². The van der Waals surface area contributed by atoms with Gasteiger partial charge < -0.3 is 9.73 Å². The molecule has 4 heteroatoms. The zero-order valence-corrected chi connectivity index (χ0v) is 11.8. The van der Waals surface area contributed by atoms with Gasteiger partial charge in [0.2, 0.25) is 0 Å². The van der Waals surface area contributed by atoms with Gasteiger partial charge >= 0.3 is 0 Å². The monoisotopic (exact) mass is 313 g/mol. The quantitative estimate of drug-likeness (QED) is 0.882. The van der Waals surface area contributed by atoms with E-state index in [1.54, 1.807) is 6.26 Å². The van der Waals surface area contributed by atoms with Crippen molar-refractivity contribution in [2.45, 2.75) is 19.4 Å². The zero-order valence-electron chi connectivity index (χ0n) is 9.41. The smallest absolute Gasteiger partial charge is 0.105 e. The fourth-order valence-corrected chi connectivity index (χ4v) is 2.19. The number of benzene rings is 1. The average Bonchev–Trinajstić information content (AvgIpc) is 2.76. The van der Waals surface area contributed by atoms with Gasteiger partial charge in [-0.3, -0.25) is 0 Å². The number of nitrogens with one attached hydrogen (secondary N) is 1. The van der Waals surface area contributed by atoms with Crippen molar-refractivity contribution in [3.8, 4) is 0 Å². The molecular formula is C13H13BrClNO. The molecule has 0 fully saturated rings. The molecule has 1 unspecified atom stereocenters. The van der Waals surface area contributed by atoms with Gasteiger partial charge in [0, 0.05) is 16.9 Å². The first-order chi connectivity index (χ1) is 8.15. The van der Waals surface area contributed by atoms with Crippen molar-refractivity contribution in [1.29, 1.82) is 0 Å². The van der Waals surface area contributed by atoms with E-state index >= 15 is 0 Å². The molecule has 0 aliphatic carbocycles. The van der Waals surface area contributed by atoms with Gasteiger partial charge in [-0.15, -0.1) is 0 Å². The van der Waals surface area contributed by atoms with Crippen LogP contribution < -0.4 is 5.32 Å². The van der Waals surface area contributed by atoms with Crippen LogP contribution in [0.4, 0.5) is 5.69 Å². The molecule has 0 amide bonds.